The number of aromatic nitrogens is 1. The van der Waals surface area contributed by atoms with E-state index in [4.69, 9.17) is 4.74 Å². The van der Waals surface area contributed by atoms with Crippen molar-refractivity contribution in [2.24, 2.45) is 0 Å². The van der Waals surface area contributed by atoms with Crippen molar-refractivity contribution < 1.29 is 9.53 Å². The number of carbonyl (C=O) groups excluding carboxylic acids is 1. The minimum Gasteiger partial charge on any atom is -0.481 e. The lowest BCUT2D eigenvalue weighted by Gasteiger charge is -2.10. The number of nitrogens with one attached hydrogen (secondary N) is 1. The Kier molecular flexibility index (Phi) is 4.37. The second-order valence-electron chi connectivity index (χ2n) is 5.55. The SMILES string of the molecule is COc1nc(C2CC2)ccc1CCNC(=O)c1ccccc1. The van der Waals surface area contributed by atoms with Crippen LogP contribution in [-0.4, -0.2) is 24.5 Å². The summed E-state index contributed by atoms with van der Waals surface area (Å²) >= 11 is 0. The first-order valence-corrected chi connectivity index (χ1v) is 7.65. The van der Waals surface area contributed by atoms with Crippen molar-refractivity contribution in [3.8, 4) is 5.88 Å². The fourth-order valence-electron chi connectivity index (χ4n) is 2.46. The molecule has 0 bridgehead atoms. The summed E-state index contributed by atoms with van der Waals surface area (Å²) in [6.07, 6.45) is 3.16. The van der Waals surface area contributed by atoms with E-state index < -0.39 is 0 Å². The van der Waals surface area contributed by atoms with E-state index in [9.17, 15) is 4.79 Å². The average Bonchev–Trinajstić information content (AvgIpc) is 3.40. The van der Waals surface area contributed by atoms with Gasteiger partial charge in [-0.3, -0.25) is 4.79 Å². The molecule has 22 heavy (non-hydrogen) atoms. The van der Waals surface area contributed by atoms with Crippen molar-refractivity contribution in [2.45, 2.75) is 25.2 Å². The summed E-state index contributed by atoms with van der Waals surface area (Å²) in [5.74, 6) is 1.24. The molecule has 0 saturated heterocycles. The summed E-state index contributed by atoms with van der Waals surface area (Å²) in [4.78, 5) is 16.6. The maximum atomic E-state index is 12.0. The highest BCUT2D eigenvalue weighted by atomic mass is 16.5. The summed E-state index contributed by atoms with van der Waals surface area (Å²) in [6, 6.07) is 13.4. The van der Waals surface area contributed by atoms with Crippen molar-refractivity contribution in [3.05, 3.63) is 59.3 Å². The zero-order valence-corrected chi connectivity index (χ0v) is 12.7. The highest BCUT2D eigenvalue weighted by molar-refractivity contribution is 5.94. The minimum atomic E-state index is -0.0536. The molecule has 1 amide bonds. The van der Waals surface area contributed by atoms with Crippen LogP contribution in [0.25, 0.3) is 0 Å². The van der Waals surface area contributed by atoms with Crippen LogP contribution in [0.1, 0.15) is 40.4 Å². The quantitative estimate of drug-likeness (QED) is 0.891. The zero-order chi connectivity index (χ0) is 15.4. The first kappa shape index (κ1) is 14.6. The largest absolute Gasteiger partial charge is 0.481 e. The Labute approximate surface area is 130 Å². The molecule has 3 rings (SSSR count). The Hall–Kier alpha value is -2.36. The fourth-order valence-corrected chi connectivity index (χ4v) is 2.46. The minimum absolute atomic E-state index is 0.0536. The highest BCUT2D eigenvalue weighted by Gasteiger charge is 2.25. The lowest BCUT2D eigenvalue weighted by molar-refractivity contribution is 0.0954. The van der Waals surface area contributed by atoms with Gasteiger partial charge in [0.1, 0.15) is 0 Å². The molecule has 1 aliphatic rings. The molecule has 0 aliphatic heterocycles. The molecule has 0 radical (unpaired) electrons. The van der Waals surface area contributed by atoms with E-state index in [1.54, 1.807) is 7.11 Å². The number of amides is 1. The van der Waals surface area contributed by atoms with Gasteiger partial charge in [-0.25, -0.2) is 4.98 Å². The molecule has 1 aromatic carbocycles. The van der Waals surface area contributed by atoms with Crippen LogP contribution in [0.15, 0.2) is 42.5 Å². The van der Waals surface area contributed by atoms with Crippen molar-refractivity contribution in [3.63, 3.8) is 0 Å². The van der Waals surface area contributed by atoms with Crippen molar-refractivity contribution >= 4 is 5.91 Å². The zero-order valence-electron chi connectivity index (χ0n) is 12.7. The molecule has 1 aromatic heterocycles. The number of nitrogens with zero attached hydrogens (tertiary/aromatic N) is 1. The number of rotatable bonds is 6. The van der Waals surface area contributed by atoms with Gasteiger partial charge in [0, 0.05) is 29.3 Å². The number of carbonyl (C=O) groups is 1. The van der Waals surface area contributed by atoms with E-state index >= 15 is 0 Å². The number of benzene rings is 1. The topological polar surface area (TPSA) is 51.2 Å². The molecule has 114 valence electrons. The van der Waals surface area contributed by atoms with E-state index in [0.717, 1.165) is 11.3 Å². The van der Waals surface area contributed by atoms with Crippen LogP contribution in [0.3, 0.4) is 0 Å². The standard InChI is InChI=1S/C18H20N2O2/c1-22-18-15(9-10-16(20-18)13-7-8-13)11-12-19-17(21)14-5-3-2-4-6-14/h2-6,9-10,13H,7-8,11-12H2,1H3,(H,19,21). The maximum Gasteiger partial charge on any atom is 0.251 e. The second kappa shape index (κ2) is 6.60. The van der Waals surface area contributed by atoms with Crippen molar-refractivity contribution in [1.82, 2.24) is 10.3 Å². The molecular weight excluding hydrogens is 276 g/mol. The molecule has 4 heteroatoms. The first-order valence-electron chi connectivity index (χ1n) is 7.65. The van der Waals surface area contributed by atoms with Crippen molar-refractivity contribution in [2.75, 3.05) is 13.7 Å². The average molecular weight is 296 g/mol. The molecular formula is C18H20N2O2. The first-order chi connectivity index (χ1) is 10.8. The second-order valence-corrected chi connectivity index (χ2v) is 5.55. The molecule has 1 fully saturated rings. The van der Waals surface area contributed by atoms with E-state index in [1.165, 1.54) is 12.8 Å². The van der Waals surface area contributed by atoms with E-state index in [0.29, 0.717) is 30.3 Å². The van der Waals surface area contributed by atoms with Gasteiger partial charge in [0.05, 0.1) is 7.11 Å². The van der Waals surface area contributed by atoms with Crippen LogP contribution in [0, 0.1) is 0 Å². The summed E-state index contributed by atoms with van der Waals surface area (Å²) in [5.41, 5.74) is 2.82. The Morgan fingerprint density at radius 2 is 2.00 bits per heavy atom. The highest BCUT2D eigenvalue weighted by Crippen LogP contribution is 2.39. The van der Waals surface area contributed by atoms with Gasteiger partial charge in [0.2, 0.25) is 5.88 Å². The third kappa shape index (κ3) is 3.45. The van der Waals surface area contributed by atoms with Crippen LogP contribution in [0.2, 0.25) is 0 Å². The molecule has 0 unspecified atom stereocenters. The smallest absolute Gasteiger partial charge is 0.251 e. The Morgan fingerprint density at radius 1 is 1.23 bits per heavy atom. The molecule has 1 heterocycles. The summed E-state index contributed by atoms with van der Waals surface area (Å²) in [6.45, 7) is 0.564. The van der Waals surface area contributed by atoms with Crippen LogP contribution >= 0.6 is 0 Å². The van der Waals surface area contributed by atoms with Gasteiger partial charge in [-0.1, -0.05) is 24.3 Å². The summed E-state index contributed by atoms with van der Waals surface area (Å²) in [7, 11) is 1.64. The van der Waals surface area contributed by atoms with Gasteiger partial charge in [-0.15, -0.1) is 0 Å². The Bertz CT molecular complexity index is 651. The third-order valence-electron chi connectivity index (χ3n) is 3.87. The summed E-state index contributed by atoms with van der Waals surface area (Å²) < 4.78 is 5.38. The molecule has 0 atom stereocenters. The van der Waals surface area contributed by atoms with E-state index in [2.05, 4.69) is 22.4 Å². The lowest BCUT2D eigenvalue weighted by atomic mass is 10.1. The molecule has 0 spiro atoms. The normalized spacial score (nSPS) is 13.7. The van der Waals surface area contributed by atoms with Crippen LogP contribution in [0.5, 0.6) is 5.88 Å². The lowest BCUT2D eigenvalue weighted by Crippen LogP contribution is -2.25. The molecule has 4 nitrogen and oxygen atoms in total. The molecule has 2 aromatic rings. The molecule has 1 N–H and O–H groups in total. The predicted octanol–water partition coefficient (Wildman–Crippen LogP) is 2.94. The van der Waals surface area contributed by atoms with Crippen LogP contribution in [0.4, 0.5) is 0 Å². The summed E-state index contributed by atoms with van der Waals surface area (Å²) in [5, 5.41) is 2.93. The maximum absolute atomic E-state index is 12.0. The molecule has 1 saturated carbocycles. The Balaban J connectivity index is 1.58. The van der Waals surface area contributed by atoms with Gasteiger partial charge in [0.25, 0.3) is 5.91 Å². The van der Waals surface area contributed by atoms with Gasteiger partial charge >= 0.3 is 0 Å². The van der Waals surface area contributed by atoms with E-state index in [-0.39, 0.29) is 5.91 Å². The predicted molar refractivity (Wildman–Crippen MR) is 85.2 cm³/mol. The van der Waals surface area contributed by atoms with Gasteiger partial charge in [-0.05, 0) is 37.5 Å². The van der Waals surface area contributed by atoms with Crippen LogP contribution < -0.4 is 10.1 Å². The van der Waals surface area contributed by atoms with Gasteiger partial charge in [0.15, 0.2) is 0 Å². The number of methoxy groups -OCH3 is 1. The fraction of sp³-hybridized carbons (Fsp3) is 0.333. The Morgan fingerprint density at radius 3 is 2.68 bits per heavy atom. The van der Waals surface area contributed by atoms with Crippen LogP contribution in [-0.2, 0) is 6.42 Å². The molecule has 1 aliphatic carbocycles. The number of pyridine rings is 1. The number of ether oxygens (including phenoxy) is 1. The van der Waals surface area contributed by atoms with Gasteiger partial charge in [-0.2, -0.15) is 0 Å². The number of hydrogen-bond acceptors (Lipinski definition) is 3. The van der Waals surface area contributed by atoms with Gasteiger partial charge < -0.3 is 10.1 Å². The van der Waals surface area contributed by atoms with E-state index in [1.807, 2.05) is 30.3 Å². The number of hydrogen-bond donors (Lipinski definition) is 1. The van der Waals surface area contributed by atoms with Crippen molar-refractivity contribution in [1.29, 1.82) is 0 Å². The third-order valence-corrected chi connectivity index (χ3v) is 3.87. The monoisotopic (exact) mass is 296 g/mol.